The number of anilines is 1. The van der Waals surface area contributed by atoms with Gasteiger partial charge in [-0.25, -0.2) is 0 Å². The zero-order valence-electron chi connectivity index (χ0n) is 13.2. The average molecular weight is 304 g/mol. The summed E-state index contributed by atoms with van der Waals surface area (Å²) >= 11 is 0. The molecule has 0 spiro atoms. The molecule has 1 amide bonds. The van der Waals surface area contributed by atoms with Gasteiger partial charge in [0.2, 0.25) is 5.91 Å². The molecular formula is C17H24N2O3. The largest absolute Gasteiger partial charge is 0.469 e. The number of hydrogen-bond acceptors (Lipinski definition) is 4. The molecule has 1 aromatic rings. The molecule has 3 N–H and O–H groups in total. The van der Waals surface area contributed by atoms with Crippen LogP contribution in [0.1, 0.15) is 38.2 Å². The maximum Gasteiger partial charge on any atom is 0.309 e. The third kappa shape index (κ3) is 4.07. The number of hydrogen-bond donors (Lipinski definition) is 2. The molecule has 2 atom stereocenters. The Morgan fingerprint density at radius 2 is 2.18 bits per heavy atom. The van der Waals surface area contributed by atoms with E-state index in [0.717, 1.165) is 31.2 Å². The number of ether oxygens (including phenoxy) is 1. The fraction of sp³-hybridized carbons (Fsp3) is 0.529. The Kier molecular flexibility index (Phi) is 5.19. The third-order valence-electron chi connectivity index (χ3n) is 4.34. The smallest absolute Gasteiger partial charge is 0.309 e. The molecule has 22 heavy (non-hydrogen) atoms. The summed E-state index contributed by atoms with van der Waals surface area (Å²) in [7, 11) is 1.36. The van der Waals surface area contributed by atoms with E-state index in [0.29, 0.717) is 5.69 Å². The van der Waals surface area contributed by atoms with E-state index in [-0.39, 0.29) is 24.2 Å². The predicted octanol–water partition coefficient (Wildman–Crippen LogP) is 2.25. The molecule has 1 fully saturated rings. The van der Waals surface area contributed by atoms with Gasteiger partial charge in [0.15, 0.2) is 0 Å². The first-order valence-electron chi connectivity index (χ1n) is 7.68. The Hall–Kier alpha value is -1.88. The van der Waals surface area contributed by atoms with Gasteiger partial charge in [-0.2, -0.15) is 0 Å². The first-order chi connectivity index (χ1) is 10.4. The van der Waals surface area contributed by atoms with E-state index < -0.39 is 5.54 Å². The number of carbonyl (C=O) groups excluding carboxylic acids is 2. The molecule has 1 aromatic carbocycles. The first kappa shape index (κ1) is 16.5. The highest BCUT2D eigenvalue weighted by atomic mass is 16.5. The fourth-order valence-corrected chi connectivity index (χ4v) is 3.02. The Balaban J connectivity index is 2.05. The molecule has 0 bridgehead atoms. The molecule has 120 valence electrons. The van der Waals surface area contributed by atoms with Crippen LogP contribution in [0.2, 0.25) is 0 Å². The van der Waals surface area contributed by atoms with E-state index in [2.05, 4.69) is 10.1 Å². The number of nitrogens with two attached hydrogens (primary N) is 1. The number of nitrogens with one attached hydrogen (secondary N) is 1. The standard InChI is InChI=1S/C17H24N2O3/c1-17(18)9-4-3-8-14(17)16(21)19-13-7-5-6-12(10-13)11-15(20)22-2/h5-7,10,14H,3-4,8-9,11,18H2,1-2H3,(H,19,21). The molecule has 0 radical (unpaired) electrons. The van der Waals surface area contributed by atoms with E-state index in [1.807, 2.05) is 25.1 Å². The summed E-state index contributed by atoms with van der Waals surface area (Å²) < 4.78 is 4.65. The van der Waals surface area contributed by atoms with Crippen molar-refractivity contribution in [1.29, 1.82) is 0 Å². The van der Waals surface area contributed by atoms with E-state index in [9.17, 15) is 9.59 Å². The summed E-state index contributed by atoms with van der Waals surface area (Å²) in [6.07, 6.45) is 3.99. The second kappa shape index (κ2) is 6.92. The Labute approximate surface area is 131 Å². The maximum absolute atomic E-state index is 12.5. The zero-order chi connectivity index (χ0) is 16.2. The first-order valence-corrected chi connectivity index (χ1v) is 7.68. The number of benzene rings is 1. The zero-order valence-corrected chi connectivity index (χ0v) is 13.2. The highest BCUT2D eigenvalue weighted by Crippen LogP contribution is 2.32. The van der Waals surface area contributed by atoms with Crippen molar-refractivity contribution in [2.45, 2.75) is 44.6 Å². The normalized spacial score (nSPS) is 24.6. The van der Waals surface area contributed by atoms with Crippen LogP contribution in [0.15, 0.2) is 24.3 Å². The van der Waals surface area contributed by atoms with Crippen molar-refractivity contribution in [3.05, 3.63) is 29.8 Å². The summed E-state index contributed by atoms with van der Waals surface area (Å²) in [5.74, 6) is -0.518. The van der Waals surface area contributed by atoms with Gasteiger partial charge in [0.05, 0.1) is 19.4 Å². The molecule has 0 aliphatic heterocycles. The molecule has 1 aliphatic carbocycles. The minimum atomic E-state index is -0.452. The van der Waals surface area contributed by atoms with Crippen LogP contribution >= 0.6 is 0 Å². The van der Waals surface area contributed by atoms with Crippen LogP contribution in [0.3, 0.4) is 0 Å². The summed E-state index contributed by atoms with van der Waals surface area (Å²) in [4.78, 5) is 23.8. The van der Waals surface area contributed by atoms with Crippen molar-refractivity contribution >= 4 is 17.6 Å². The van der Waals surface area contributed by atoms with Gasteiger partial charge in [-0.05, 0) is 37.5 Å². The Bertz CT molecular complexity index is 555. The van der Waals surface area contributed by atoms with Gasteiger partial charge in [0.25, 0.3) is 0 Å². The highest BCUT2D eigenvalue weighted by molar-refractivity contribution is 5.93. The lowest BCUT2D eigenvalue weighted by atomic mass is 9.74. The topological polar surface area (TPSA) is 81.4 Å². The molecule has 0 heterocycles. The van der Waals surface area contributed by atoms with Crippen molar-refractivity contribution in [3.8, 4) is 0 Å². The van der Waals surface area contributed by atoms with Gasteiger partial charge in [-0.15, -0.1) is 0 Å². The van der Waals surface area contributed by atoms with Crippen molar-refractivity contribution < 1.29 is 14.3 Å². The van der Waals surface area contributed by atoms with Gasteiger partial charge in [-0.3, -0.25) is 9.59 Å². The van der Waals surface area contributed by atoms with Crippen molar-refractivity contribution in [2.24, 2.45) is 11.7 Å². The summed E-state index contributed by atoms with van der Waals surface area (Å²) in [5.41, 5.74) is 7.31. The van der Waals surface area contributed by atoms with Gasteiger partial charge < -0.3 is 15.8 Å². The third-order valence-corrected chi connectivity index (χ3v) is 4.34. The maximum atomic E-state index is 12.5. The lowest BCUT2D eigenvalue weighted by Gasteiger charge is -2.37. The van der Waals surface area contributed by atoms with Crippen molar-refractivity contribution in [2.75, 3.05) is 12.4 Å². The van der Waals surface area contributed by atoms with E-state index in [1.54, 1.807) is 6.07 Å². The van der Waals surface area contributed by atoms with E-state index in [4.69, 9.17) is 5.73 Å². The fourth-order valence-electron chi connectivity index (χ4n) is 3.02. The van der Waals surface area contributed by atoms with Crippen molar-refractivity contribution in [3.63, 3.8) is 0 Å². The lowest BCUT2D eigenvalue weighted by Crippen LogP contribution is -2.51. The van der Waals surface area contributed by atoms with Crippen LogP contribution in [0.25, 0.3) is 0 Å². The van der Waals surface area contributed by atoms with Gasteiger partial charge in [0.1, 0.15) is 0 Å². The van der Waals surface area contributed by atoms with Gasteiger partial charge in [0, 0.05) is 11.2 Å². The van der Waals surface area contributed by atoms with E-state index in [1.165, 1.54) is 7.11 Å². The SMILES string of the molecule is COC(=O)Cc1cccc(NC(=O)C2CCCCC2(C)N)c1. The van der Waals surface area contributed by atoms with Gasteiger partial charge >= 0.3 is 5.97 Å². The summed E-state index contributed by atoms with van der Waals surface area (Å²) in [6.45, 7) is 1.95. The summed E-state index contributed by atoms with van der Waals surface area (Å²) in [6, 6.07) is 7.26. The molecule has 0 saturated heterocycles. The minimum Gasteiger partial charge on any atom is -0.469 e. The molecular weight excluding hydrogens is 280 g/mol. The highest BCUT2D eigenvalue weighted by Gasteiger charge is 2.37. The number of rotatable bonds is 4. The molecule has 5 nitrogen and oxygen atoms in total. The number of carbonyl (C=O) groups is 2. The number of esters is 1. The van der Waals surface area contributed by atoms with Crippen LogP contribution in [-0.2, 0) is 20.7 Å². The Morgan fingerprint density at radius 3 is 2.86 bits per heavy atom. The molecule has 1 aliphatic rings. The second-order valence-electron chi connectivity index (χ2n) is 6.25. The molecule has 0 aromatic heterocycles. The quantitative estimate of drug-likeness (QED) is 0.836. The lowest BCUT2D eigenvalue weighted by molar-refractivity contribution is -0.139. The predicted molar refractivity (Wildman–Crippen MR) is 85.3 cm³/mol. The van der Waals surface area contributed by atoms with Crippen LogP contribution in [0, 0.1) is 5.92 Å². The molecule has 1 saturated carbocycles. The molecule has 2 unspecified atom stereocenters. The molecule has 5 heteroatoms. The van der Waals surface area contributed by atoms with Gasteiger partial charge in [-0.1, -0.05) is 25.0 Å². The number of methoxy groups -OCH3 is 1. The minimum absolute atomic E-state index is 0.0417. The summed E-state index contributed by atoms with van der Waals surface area (Å²) in [5, 5.41) is 2.93. The number of amides is 1. The van der Waals surface area contributed by atoms with Crippen LogP contribution in [-0.4, -0.2) is 24.5 Å². The van der Waals surface area contributed by atoms with E-state index >= 15 is 0 Å². The van der Waals surface area contributed by atoms with Crippen molar-refractivity contribution in [1.82, 2.24) is 0 Å². The van der Waals surface area contributed by atoms with Crippen LogP contribution < -0.4 is 11.1 Å². The van der Waals surface area contributed by atoms with Crippen LogP contribution in [0.5, 0.6) is 0 Å². The molecule has 2 rings (SSSR count). The average Bonchev–Trinajstić information content (AvgIpc) is 2.46. The monoisotopic (exact) mass is 304 g/mol. The van der Waals surface area contributed by atoms with Crippen LogP contribution in [0.4, 0.5) is 5.69 Å². The Morgan fingerprint density at radius 1 is 1.41 bits per heavy atom. The second-order valence-corrected chi connectivity index (χ2v) is 6.25.